The summed E-state index contributed by atoms with van der Waals surface area (Å²) in [5, 5.41) is 3.99. The Hall–Kier alpha value is -0.770. The molecule has 104 valence electrons. The number of hydrogen-bond donors (Lipinski definition) is 2. The summed E-state index contributed by atoms with van der Waals surface area (Å²) in [6.07, 6.45) is 2.55. The molecule has 0 bridgehead atoms. The molecule has 1 aliphatic rings. The third kappa shape index (κ3) is 3.41. The van der Waals surface area contributed by atoms with Gasteiger partial charge in [-0.05, 0) is 37.8 Å². The van der Waals surface area contributed by atoms with Gasteiger partial charge in [0.1, 0.15) is 0 Å². The lowest BCUT2D eigenvalue weighted by Gasteiger charge is -2.19. The number of halogens is 2. The van der Waals surface area contributed by atoms with E-state index < -0.39 is 0 Å². The zero-order valence-corrected chi connectivity index (χ0v) is 12.3. The Morgan fingerprint density at radius 2 is 2.16 bits per heavy atom. The molecule has 3 N–H and O–H groups in total. The van der Waals surface area contributed by atoms with E-state index in [1.165, 1.54) is 0 Å². The highest BCUT2D eigenvalue weighted by atomic mass is 35.5. The fourth-order valence-corrected chi connectivity index (χ4v) is 2.99. The SMILES string of the molecule is CC(NC(=O)C1CCC(N)C1)c1cccc(Cl)c1Cl. The summed E-state index contributed by atoms with van der Waals surface area (Å²) in [5.74, 6) is 0.0758. The van der Waals surface area contributed by atoms with Crippen molar-refractivity contribution in [3.8, 4) is 0 Å². The van der Waals surface area contributed by atoms with Gasteiger partial charge in [-0.2, -0.15) is 0 Å². The second-order valence-electron chi connectivity index (χ2n) is 5.14. The predicted octanol–water partition coefficient (Wildman–Crippen LogP) is 3.30. The molecule has 1 amide bonds. The van der Waals surface area contributed by atoms with Gasteiger partial charge in [0.05, 0.1) is 16.1 Å². The van der Waals surface area contributed by atoms with Gasteiger partial charge in [-0.15, -0.1) is 0 Å². The van der Waals surface area contributed by atoms with E-state index in [0.717, 1.165) is 24.8 Å². The minimum Gasteiger partial charge on any atom is -0.349 e. The highest BCUT2D eigenvalue weighted by Crippen LogP contribution is 2.30. The first-order valence-electron chi connectivity index (χ1n) is 6.49. The number of carbonyl (C=O) groups is 1. The Morgan fingerprint density at radius 1 is 1.42 bits per heavy atom. The van der Waals surface area contributed by atoms with Gasteiger partial charge >= 0.3 is 0 Å². The van der Waals surface area contributed by atoms with E-state index in [0.29, 0.717) is 10.0 Å². The van der Waals surface area contributed by atoms with Gasteiger partial charge in [0.2, 0.25) is 5.91 Å². The summed E-state index contributed by atoms with van der Waals surface area (Å²) in [7, 11) is 0. The smallest absolute Gasteiger partial charge is 0.223 e. The summed E-state index contributed by atoms with van der Waals surface area (Å²) in [6.45, 7) is 1.91. The summed E-state index contributed by atoms with van der Waals surface area (Å²) < 4.78 is 0. The largest absolute Gasteiger partial charge is 0.349 e. The molecule has 0 heterocycles. The fraction of sp³-hybridized carbons (Fsp3) is 0.500. The lowest BCUT2D eigenvalue weighted by molar-refractivity contribution is -0.125. The number of carbonyl (C=O) groups excluding carboxylic acids is 1. The molecule has 3 unspecified atom stereocenters. The minimum absolute atomic E-state index is 0.0235. The zero-order chi connectivity index (χ0) is 14.0. The van der Waals surface area contributed by atoms with E-state index in [2.05, 4.69) is 5.32 Å². The lowest BCUT2D eigenvalue weighted by Crippen LogP contribution is -2.32. The van der Waals surface area contributed by atoms with Crippen molar-refractivity contribution in [1.29, 1.82) is 0 Å². The summed E-state index contributed by atoms with van der Waals surface area (Å²) in [4.78, 5) is 12.1. The predicted molar refractivity (Wildman–Crippen MR) is 78.3 cm³/mol. The average Bonchev–Trinajstić information content (AvgIpc) is 2.79. The monoisotopic (exact) mass is 300 g/mol. The maximum Gasteiger partial charge on any atom is 0.223 e. The van der Waals surface area contributed by atoms with Crippen molar-refractivity contribution < 1.29 is 4.79 Å². The van der Waals surface area contributed by atoms with Crippen LogP contribution in [-0.4, -0.2) is 11.9 Å². The van der Waals surface area contributed by atoms with Gasteiger partial charge in [-0.25, -0.2) is 0 Å². The molecule has 1 saturated carbocycles. The number of rotatable bonds is 3. The van der Waals surface area contributed by atoms with Crippen LogP contribution >= 0.6 is 23.2 Å². The van der Waals surface area contributed by atoms with E-state index >= 15 is 0 Å². The number of benzene rings is 1. The molecule has 2 rings (SSSR count). The third-order valence-electron chi connectivity index (χ3n) is 3.65. The maximum absolute atomic E-state index is 12.1. The molecule has 0 radical (unpaired) electrons. The summed E-state index contributed by atoms with van der Waals surface area (Å²) in [6, 6.07) is 5.44. The molecular weight excluding hydrogens is 283 g/mol. The quantitative estimate of drug-likeness (QED) is 0.900. The molecule has 0 aliphatic heterocycles. The first-order valence-corrected chi connectivity index (χ1v) is 7.24. The standard InChI is InChI=1S/C14H18Cl2N2O/c1-8(11-3-2-4-12(15)13(11)16)18-14(19)9-5-6-10(17)7-9/h2-4,8-10H,5-7,17H2,1H3,(H,18,19). The normalized spacial score (nSPS) is 24.2. The Morgan fingerprint density at radius 3 is 2.79 bits per heavy atom. The summed E-state index contributed by atoms with van der Waals surface area (Å²) >= 11 is 12.1. The van der Waals surface area contributed by atoms with Gasteiger partial charge in [-0.3, -0.25) is 4.79 Å². The fourth-order valence-electron chi connectivity index (χ4n) is 2.52. The van der Waals surface area contributed by atoms with Crippen molar-refractivity contribution >= 4 is 29.1 Å². The molecule has 1 aromatic carbocycles. The van der Waals surface area contributed by atoms with Crippen molar-refractivity contribution in [1.82, 2.24) is 5.32 Å². The van der Waals surface area contributed by atoms with Crippen molar-refractivity contribution in [2.75, 3.05) is 0 Å². The second-order valence-corrected chi connectivity index (χ2v) is 5.93. The first-order chi connectivity index (χ1) is 8.99. The highest BCUT2D eigenvalue weighted by molar-refractivity contribution is 6.42. The number of nitrogens with one attached hydrogen (secondary N) is 1. The van der Waals surface area contributed by atoms with Gasteiger partial charge in [0.25, 0.3) is 0 Å². The lowest BCUT2D eigenvalue weighted by atomic mass is 10.0. The van der Waals surface area contributed by atoms with Crippen LogP contribution in [0.3, 0.4) is 0 Å². The van der Waals surface area contributed by atoms with Crippen molar-refractivity contribution in [2.45, 2.75) is 38.3 Å². The topological polar surface area (TPSA) is 55.1 Å². The average molecular weight is 301 g/mol. The second kappa shape index (κ2) is 6.12. The van der Waals surface area contributed by atoms with Gasteiger partial charge < -0.3 is 11.1 Å². The van der Waals surface area contributed by atoms with Crippen LogP contribution in [-0.2, 0) is 4.79 Å². The van der Waals surface area contributed by atoms with E-state index in [1.807, 2.05) is 19.1 Å². The van der Waals surface area contributed by atoms with Crippen LogP contribution in [0.5, 0.6) is 0 Å². The number of hydrogen-bond acceptors (Lipinski definition) is 2. The molecular formula is C14H18Cl2N2O. The van der Waals surface area contributed by atoms with Crippen LogP contribution in [0.2, 0.25) is 10.0 Å². The van der Waals surface area contributed by atoms with Crippen molar-refractivity contribution in [3.05, 3.63) is 33.8 Å². The van der Waals surface area contributed by atoms with Crippen LogP contribution in [0.15, 0.2) is 18.2 Å². The van der Waals surface area contributed by atoms with Crippen LogP contribution in [0.1, 0.15) is 37.8 Å². The van der Waals surface area contributed by atoms with E-state index in [1.54, 1.807) is 6.07 Å². The minimum atomic E-state index is -0.157. The number of amides is 1. The molecule has 19 heavy (non-hydrogen) atoms. The molecule has 3 nitrogen and oxygen atoms in total. The first kappa shape index (κ1) is 14.6. The highest BCUT2D eigenvalue weighted by Gasteiger charge is 2.28. The Bertz CT molecular complexity index is 479. The van der Waals surface area contributed by atoms with Crippen LogP contribution in [0, 0.1) is 5.92 Å². The van der Waals surface area contributed by atoms with E-state index in [-0.39, 0.29) is 23.9 Å². The molecule has 0 saturated heterocycles. The van der Waals surface area contributed by atoms with Gasteiger partial charge in [0, 0.05) is 12.0 Å². The molecule has 0 aromatic heterocycles. The van der Waals surface area contributed by atoms with Crippen LogP contribution in [0.25, 0.3) is 0 Å². The Balaban J connectivity index is 2.02. The molecule has 1 aliphatic carbocycles. The molecule has 1 aromatic rings. The van der Waals surface area contributed by atoms with E-state index in [4.69, 9.17) is 28.9 Å². The van der Waals surface area contributed by atoms with Gasteiger partial charge in [0.15, 0.2) is 0 Å². The van der Waals surface area contributed by atoms with Crippen molar-refractivity contribution in [2.24, 2.45) is 11.7 Å². The third-order valence-corrected chi connectivity index (χ3v) is 4.48. The van der Waals surface area contributed by atoms with E-state index in [9.17, 15) is 4.79 Å². The molecule has 1 fully saturated rings. The maximum atomic E-state index is 12.1. The number of nitrogens with two attached hydrogens (primary N) is 1. The molecule has 0 spiro atoms. The van der Waals surface area contributed by atoms with Crippen LogP contribution < -0.4 is 11.1 Å². The molecule has 3 atom stereocenters. The molecule has 5 heteroatoms. The summed E-state index contributed by atoms with van der Waals surface area (Å²) in [5.41, 5.74) is 6.67. The Kier molecular flexibility index (Phi) is 4.71. The zero-order valence-electron chi connectivity index (χ0n) is 10.8. The van der Waals surface area contributed by atoms with Crippen LogP contribution in [0.4, 0.5) is 0 Å². The Labute approximate surface area is 123 Å². The van der Waals surface area contributed by atoms with Gasteiger partial charge in [-0.1, -0.05) is 35.3 Å². The van der Waals surface area contributed by atoms with Crippen molar-refractivity contribution in [3.63, 3.8) is 0 Å².